The van der Waals surface area contributed by atoms with Gasteiger partial charge in [0, 0.05) is 32.4 Å². The zero-order valence-electron chi connectivity index (χ0n) is 13.2. The van der Waals surface area contributed by atoms with E-state index in [9.17, 15) is 13.6 Å². The summed E-state index contributed by atoms with van der Waals surface area (Å²) < 4.78 is 25.4. The van der Waals surface area contributed by atoms with Gasteiger partial charge >= 0.3 is 0 Å². The van der Waals surface area contributed by atoms with Crippen LogP contribution in [0.3, 0.4) is 0 Å². The maximum atomic E-state index is 12.7. The number of alkyl halides is 2. The maximum Gasteiger partial charge on any atom is 0.248 e. The molecule has 1 aliphatic carbocycles. The second-order valence-electron chi connectivity index (χ2n) is 6.48. The van der Waals surface area contributed by atoms with Crippen LogP contribution in [-0.4, -0.2) is 37.4 Å². The normalized spacial score (nSPS) is 17.3. The first-order chi connectivity index (χ1) is 10.3. The molecular weight excluding hydrogens is 286 g/mol. The molecule has 2 rings (SSSR count). The molecule has 22 heavy (non-hydrogen) atoms. The van der Waals surface area contributed by atoms with Gasteiger partial charge in [0.1, 0.15) is 0 Å². The Hall–Kier alpha value is -1.49. The maximum absolute atomic E-state index is 12.7. The van der Waals surface area contributed by atoms with E-state index in [0.29, 0.717) is 6.54 Å². The van der Waals surface area contributed by atoms with Gasteiger partial charge in [0.05, 0.1) is 0 Å². The molecule has 3 nitrogen and oxygen atoms in total. The Bertz CT molecular complexity index is 492. The number of hydrogen-bond acceptors (Lipinski definition) is 2. The number of carbonyl (C=O) groups excluding carboxylic acids is 1. The Morgan fingerprint density at radius 3 is 2.36 bits per heavy atom. The van der Waals surface area contributed by atoms with Crippen molar-refractivity contribution >= 4 is 5.91 Å². The molecule has 0 spiro atoms. The molecule has 1 amide bonds. The van der Waals surface area contributed by atoms with Crippen molar-refractivity contribution in [3.05, 3.63) is 35.4 Å². The van der Waals surface area contributed by atoms with E-state index in [1.807, 2.05) is 26.2 Å². The first kappa shape index (κ1) is 16.9. The third-order valence-corrected chi connectivity index (χ3v) is 4.01. The summed E-state index contributed by atoms with van der Waals surface area (Å²) >= 11 is 0. The number of likely N-dealkylation sites (N-methyl/N-ethyl adjacent to an activating group) is 1. The van der Waals surface area contributed by atoms with E-state index < -0.39 is 5.92 Å². The van der Waals surface area contributed by atoms with Crippen molar-refractivity contribution in [2.75, 3.05) is 20.6 Å². The molecule has 0 heterocycles. The molecule has 1 aromatic carbocycles. The second kappa shape index (κ2) is 7.18. The average molecular weight is 310 g/mol. The van der Waals surface area contributed by atoms with Crippen molar-refractivity contribution in [1.29, 1.82) is 0 Å². The van der Waals surface area contributed by atoms with Crippen molar-refractivity contribution in [3.8, 4) is 0 Å². The first-order valence-electron chi connectivity index (χ1n) is 7.71. The monoisotopic (exact) mass is 310 g/mol. The van der Waals surface area contributed by atoms with Crippen molar-refractivity contribution < 1.29 is 13.6 Å². The van der Waals surface area contributed by atoms with E-state index in [4.69, 9.17) is 0 Å². The lowest BCUT2D eigenvalue weighted by atomic mass is 9.79. The van der Waals surface area contributed by atoms with Gasteiger partial charge in [0.25, 0.3) is 0 Å². The molecule has 0 atom stereocenters. The fraction of sp³-hybridized carbons (Fsp3) is 0.588. The van der Waals surface area contributed by atoms with Crippen LogP contribution in [0.2, 0.25) is 0 Å². The average Bonchev–Trinajstić information content (AvgIpc) is 2.42. The van der Waals surface area contributed by atoms with Crippen LogP contribution in [0.1, 0.15) is 30.4 Å². The minimum atomic E-state index is -2.55. The van der Waals surface area contributed by atoms with Gasteiger partial charge in [-0.2, -0.15) is 0 Å². The fourth-order valence-corrected chi connectivity index (χ4v) is 2.64. The summed E-state index contributed by atoms with van der Waals surface area (Å²) in [5.41, 5.74) is 2.29. The highest BCUT2D eigenvalue weighted by Gasteiger charge is 2.45. The van der Waals surface area contributed by atoms with Gasteiger partial charge in [-0.3, -0.25) is 4.79 Å². The number of amides is 1. The molecule has 122 valence electrons. The summed E-state index contributed by atoms with van der Waals surface area (Å²) in [6.45, 7) is 1.46. The highest BCUT2D eigenvalue weighted by atomic mass is 19.3. The van der Waals surface area contributed by atoms with E-state index in [2.05, 4.69) is 22.3 Å². The molecule has 0 bridgehead atoms. The molecule has 0 aliphatic heterocycles. The SMILES string of the molecule is CN(C)CCc1ccc(CNC(=O)CC2CC(F)(F)C2)cc1. The zero-order valence-corrected chi connectivity index (χ0v) is 13.2. The molecule has 1 N–H and O–H groups in total. The Morgan fingerprint density at radius 2 is 1.82 bits per heavy atom. The molecule has 0 saturated heterocycles. The van der Waals surface area contributed by atoms with Crippen LogP contribution in [0, 0.1) is 5.92 Å². The van der Waals surface area contributed by atoms with E-state index >= 15 is 0 Å². The van der Waals surface area contributed by atoms with Crippen molar-refractivity contribution in [2.45, 2.75) is 38.2 Å². The predicted octanol–water partition coefficient (Wildman–Crippen LogP) is 2.84. The quantitative estimate of drug-likeness (QED) is 0.840. The van der Waals surface area contributed by atoms with Gasteiger partial charge < -0.3 is 10.2 Å². The molecule has 0 unspecified atom stereocenters. The van der Waals surface area contributed by atoms with E-state index in [-0.39, 0.29) is 31.1 Å². The van der Waals surface area contributed by atoms with E-state index in [0.717, 1.165) is 18.5 Å². The second-order valence-corrected chi connectivity index (χ2v) is 6.48. The molecule has 0 radical (unpaired) electrons. The van der Waals surface area contributed by atoms with Crippen molar-refractivity contribution in [2.24, 2.45) is 5.92 Å². The predicted molar refractivity (Wildman–Crippen MR) is 82.8 cm³/mol. The topological polar surface area (TPSA) is 32.3 Å². The number of hydrogen-bond donors (Lipinski definition) is 1. The molecule has 1 saturated carbocycles. The minimum Gasteiger partial charge on any atom is -0.352 e. The van der Waals surface area contributed by atoms with Gasteiger partial charge in [0.15, 0.2) is 0 Å². The van der Waals surface area contributed by atoms with Crippen LogP contribution >= 0.6 is 0 Å². The van der Waals surface area contributed by atoms with Crippen molar-refractivity contribution in [3.63, 3.8) is 0 Å². The van der Waals surface area contributed by atoms with Crippen LogP contribution in [0.4, 0.5) is 8.78 Å². The summed E-state index contributed by atoms with van der Waals surface area (Å²) in [7, 11) is 4.09. The lowest BCUT2D eigenvalue weighted by Crippen LogP contribution is -2.38. The number of carbonyl (C=O) groups is 1. The summed E-state index contributed by atoms with van der Waals surface area (Å²) in [6.07, 6.45) is 0.897. The third-order valence-electron chi connectivity index (χ3n) is 4.01. The number of rotatable bonds is 7. The van der Waals surface area contributed by atoms with Crippen LogP contribution < -0.4 is 5.32 Å². The van der Waals surface area contributed by atoms with Crippen LogP contribution in [0.5, 0.6) is 0 Å². The summed E-state index contributed by atoms with van der Waals surface area (Å²) in [6, 6.07) is 8.14. The highest BCUT2D eigenvalue weighted by Crippen LogP contribution is 2.43. The van der Waals surface area contributed by atoms with Crippen LogP contribution in [0.25, 0.3) is 0 Å². The molecule has 1 aromatic rings. The van der Waals surface area contributed by atoms with Gasteiger partial charge in [-0.15, -0.1) is 0 Å². The van der Waals surface area contributed by atoms with E-state index in [1.54, 1.807) is 0 Å². The highest BCUT2D eigenvalue weighted by molar-refractivity contribution is 5.76. The minimum absolute atomic E-state index is 0.141. The third kappa shape index (κ3) is 5.37. The Kier molecular flexibility index (Phi) is 5.51. The Labute approximate surface area is 130 Å². The Morgan fingerprint density at radius 1 is 1.23 bits per heavy atom. The van der Waals surface area contributed by atoms with E-state index in [1.165, 1.54) is 5.56 Å². The molecular formula is C17H24F2N2O. The lowest BCUT2D eigenvalue weighted by molar-refractivity contribution is -0.133. The number of nitrogens with zero attached hydrogens (tertiary/aromatic N) is 1. The number of nitrogens with one attached hydrogen (secondary N) is 1. The first-order valence-corrected chi connectivity index (χ1v) is 7.71. The summed E-state index contributed by atoms with van der Waals surface area (Å²) in [5, 5.41) is 2.80. The van der Waals surface area contributed by atoms with Crippen molar-refractivity contribution in [1.82, 2.24) is 10.2 Å². The zero-order chi connectivity index (χ0) is 16.2. The van der Waals surface area contributed by atoms with Crippen LogP contribution in [-0.2, 0) is 17.8 Å². The van der Waals surface area contributed by atoms with Gasteiger partial charge in [0.2, 0.25) is 11.8 Å². The number of benzene rings is 1. The molecule has 1 fully saturated rings. The molecule has 5 heteroatoms. The van der Waals surface area contributed by atoms with Gasteiger partial charge in [-0.1, -0.05) is 24.3 Å². The van der Waals surface area contributed by atoms with Gasteiger partial charge in [-0.05, 0) is 37.6 Å². The Balaban J connectivity index is 1.69. The van der Waals surface area contributed by atoms with Gasteiger partial charge in [-0.25, -0.2) is 8.78 Å². The summed E-state index contributed by atoms with van der Waals surface area (Å²) in [5.74, 6) is -2.85. The fourth-order valence-electron chi connectivity index (χ4n) is 2.64. The van der Waals surface area contributed by atoms with Crippen LogP contribution in [0.15, 0.2) is 24.3 Å². The smallest absolute Gasteiger partial charge is 0.248 e. The molecule has 0 aromatic heterocycles. The number of halogens is 2. The summed E-state index contributed by atoms with van der Waals surface area (Å²) in [4.78, 5) is 13.9. The molecule has 1 aliphatic rings. The standard InChI is InChI=1S/C17H24F2N2O/c1-21(2)8-7-13-3-5-14(6-4-13)12-20-16(22)9-15-10-17(18,19)11-15/h3-6,15H,7-12H2,1-2H3,(H,20,22). The largest absolute Gasteiger partial charge is 0.352 e. The lowest BCUT2D eigenvalue weighted by Gasteiger charge is -2.34.